The van der Waals surface area contributed by atoms with Gasteiger partial charge < -0.3 is 4.90 Å². The second-order valence-corrected chi connectivity index (χ2v) is 6.15. The van der Waals surface area contributed by atoms with Gasteiger partial charge in [-0.05, 0) is 37.1 Å². The van der Waals surface area contributed by atoms with Gasteiger partial charge in [0.05, 0.1) is 0 Å². The number of hydrogen-bond donors (Lipinski definition) is 0. The van der Waals surface area contributed by atoms with Crippen molar-refractivity contribution in [3.8, 4) is 0 Å². The quantitative estimate of drug-likeness (QED) is 0.762. The summed E-state index contributed by atoms with van der Waals surface area (Å²) in [6.45, 7) is 0.952. The smallest absolute Gasteiger partial charge is 0.222 e. The van der Waals surface area contributed by atoms with E-state index in [4.69, 9.17) is 0 Å². The lowest BCUT2D eigenvalue weighted by Gasteiger charge is -2.23. The van der Waals surface area contributed by atoms with E-state index in [0.717, 1.165) is 37.6 Å². The molecule has 0 aromatic carbocycles. The van der Waals surface area contributed by atoms with Gasteiger partial charge in [-0.15, -0.1) is 11.3 Å². The van der Waals surface area contributed by atoms with Crippen LogP contribution in [0.15, 0.2) is 17.5 Å². The average Bonchev–Trinajstić information content (AvgIpc) is 2.99. The van der Waals surface area contributed by atoms with Gasteiger partial charge in [-0.25, -0.2) is 0 Å². The van der Waals surface area contributed by atoms with E-state index >= 15 is 0 Å². The third kappa shape index (κ3) is 3.55. The molecule has 0 spiro atoms. The van der Waals surface area contributed by atoms with Gasteiger partial charge in [0.2, 0.25) is 5.91 Å². The van der Waals surface area contributed by atoms with E-state index in [2.05, 4.69) is 38.3 Å². The predicted molar refractivity (Wildman–Crippen MR) is 75.8 cm³/mol. The predicted octanol–water partition coefficient (Wildman–Crippen LogP) is 3.46. The number of amides is 1. The summed E-state index contributed by atoms with van der Waals surface area (Å²) in [5, 5.41) is 3.02. The molecule has 1 amide bonds. The first kappa shape index (κ1) is 13.1. The van der Waals surface area contributed by atoms with Crippen molar-refractivity contribution in [2.24, 2.45) is 0 Å². The Morgan fingerprint density at radius 2 is 2.47 bits per heavy atom. The van der Waals surface area contributed by atoms with Crippen molar-refractivity contribution in [3.63, 3.8) is 0 Å². The summed E-state index contributed by atoms with van der Waals surface area (Å²) in [5.74, 6) is 0.337. The van der Waals surface area contributed by atoms with Gasteiger partial charge in [-0.3, -0.25) is 4.79 Å². The number of thiophene rings is 1. The number of aryl methyl sites for hydroxylation is 1. The fourth-order valence-electron chi connectivity index (χ4n) is 2.34. The van der Waals surface area contributed by atoms with Crippen LogP contribution in [0, 0.1) is 0 Å². The zero-order valence-electron chi connectivity index (χ0n) is 9.90. The van der Waals surface area contributed by atoms with E-state index in [1.807, 2.05) is 0 Å². The third-order valence-electron chi connectivity index (χ3n) is 3.27. The Balaban J connectivity index is 1.73. The zero-order valence-corrected chi connectivity index (χ0v) is 12.3. The first-order chi connectivity index (χ1) is 8.31. The molecule has 1 unspecified atom stereocenters. The molecule has 2 rings (SSSR count). The van der Waals surface area contributed by atoms with Crippen LogP contribution in [0.25, 0.3) is 0 Å². The van der Waals surface area contributed by atoms with Crippen LogP contribution >= 0.6 is 27.3 Å². The summed E-state index contributed by atoms with van der Waals surface area (Å²) in [6, 6.07) is 4.65. The van der Waals surface area contributed by atoms with E-state index in [9.17, 15) is 4.79 Å². The number of carbonyl (C=O) groups excluding carboxylic acids is 1. The Morgan fingerprint density at radius 1 is 1.59 bits per heavy atom. The summed E-state index contributed by atoms with van der Waals surface area (Å²) in [5.41, 5.74) is 0. The van der Waals surface area contributed by atoms with E-state index in [1.54, 1.807) is 11.3 Å². The molecule has 0 bridgehead atoms. The maximum Gasteiger partial charge on any atom is 0.222 e. The number of likely N-dealkylation sites (tertiary alicyclic amines) is 1. The Labute approximate surface area is 115 Å². The van der Waals surface area contributed by atoms with Gasteiger partial charge in [-0.2, -0.15) is 0 Å². The van der Waals surface area contributed by atoms with Gasteiger partial charge >= 0.3 is 0 Å². The van der Waals surface area contributed by atoms with Crippen molar-refractivity contribution in [1.82, 2.24) is 4.90 Å². The van der Waals surface area contributed by atoms with Crippen LogP contribution < -0.4 is 0 Å². The molecule has 2 nitrogen and oxygen atoms in total. The van der Waals surface area contributed by atoms with Crippen LogP contribution in [0.3, 0.4) is 0 Å². The molecule has 17 heavy (non-hydrogen) atoms. The fourth-order valence-corrected chi connectivity index (χ4v) is 3.76. The van der Waals surface area contributed by atoms with E-state index in [1.165, 1.54) is 4.88 Å². The number of alkyl halides is 1. The SMILES string of the molecule is O=C(CCCc1cccs1)N1CCCC1CBr. The highest BCUT2D eigenvalue weighted by Crippen LogP contribution is 2.21. The lowest BCUT2D eigenvalue weighted by molar-refractivity contribution is -0.131. The molecule has 1 fully saturated rings. The number of nitrogens with zero attached hydrogens (tertiary/aromatic N) is 1. The van der Waals surface area contributed by atoms with Crippen molar-refractivity contribution < 1.29 is 4.79 Å². The monoisotopic (exact) mass is 315 g/mol. The van der Waals surface area contributed by atoms with E-state index in [0.29, 0.717) is 18.4 Å². The normalized spacial score (nSPS) is 19.8. The minimum absolute atomic E-state index is 0.337. The summed E-state index contributed by atoms with van der Waals surface area (Å²) in [6.07, 6.45) is 5.03. The van der Waals surface area contributed by atoms with E-state index in [-0.39, 0.29) is 0 Å². The molecule has 0 aliphatic carbocycles. The Bertz CT molecular complexity index is 352. The molecule has 2 heterocycles. The van der Waals surface area contributed by atoms with Crippen molar-refractivity contribution >= 4 is 33.2 Å². The molecule has 1 aromatic heterocycles. The van der Waals surface area contributed by atoms with Gasteiger partial charge in [0.1, 0.15) is 0 Å². The molecular weight excluding hydrogens is 298 g/mol. The van der Waals surface area contributed by atoms with E-state index < -0.39 is 0 Å². The van der Waals surface area contributed by atoms with Crippen molar-refractivity contribution in [3.05, 3.63) is 22.4 Å². The highest BCUT2D eigenvalue weighted by molar-refractivity contribution is 9.09. The summed E-state index contributed by atoms with van der Waals surface area (Å²) in [7, 11) is 0. The number of rotatable bonds is 5. The van der Waals surface area contributed by atoms with Gasteiger partial charge in [-0.1, -0.05) is 22.0 Å². The maximum absolute atomic E-state index is 12.1. The van der Waals surface area contributed by atoms with Crippen LogP contribution in [0.5, 0.6) is 0 Å². The van der Waals surface area contributed by atoms with Crippen molar-refractivity contribution in [2.45, 2.75) is 38.1 Å². The van der Waals surface area contributed by atoms with Crippen molar-refractivity contribution in [1.29, 1.82) is 0 Å². The molecule has 1 aliphatic rings. The molecule has 1 atom stereocenters. The van der Waals surface area contributed by atoms with Gasteiger partial charge in [0.25, 0.3) is 0 Å². The summed E-state index contributed by atoms with van der Waals surface area (Å²) >= 11 is 5.27. The first-order valence-corrected chi connectivity index (χ1v) is 8.19. The standard InChI is InChI=1S/C13H18BrNOS/c14-10-11-4-2-8-15(11)13(16)7-1-5-12-6-3-9-17-12/h3,6,9,11H,1-2,4-5,7-8,10H2. The fraction of sp³-hybridized carbons (Fsp3) is 0.615. The van der Waals surface area contributed by atoms with Crippen LogP contribution in [-0.2, 0) is 11.2 Å². The largest absolute Gasteiger partial charge is 0.339 e. The highest BCUT2D eigenvalue weighted by atomic mass is 79.9. The highest BCUT2D eigenvalue weighted by Gasteiger charge is 2.26. The molecule has 0 radical (unpaired) electrons. The molecule has 0 N–H and O–H groups in total. The Morgan fingerprint density at radius 3 is 3.18 bits per heavy atom. The van der Waals surface area contributed by atoms with Crippen LogP contribution in [0.2, 0.25) is 0 Å². The van der Waals surface area contributed by atoms with Crippen LogP contribution in [-0.4, -0.2) is 28.7 Å². The number of halogens is 1. The minimum Gasteiger partial charge on any atom is -0.339 e. The summed E-state index contributed by atoms with van der Waals surface area (Å²) in [4.78, 5) is 15.5. The van der Waals surface area contributed by atoms with Crippen LogP contribution in [0.1, 0.15) is 30.6 Å². The summed E-state index contributed by atoms with van der Waals surface area (Å²) < 4.78 is 0. The van der Waals surface area contributed by atoms with Crippen molar-refractivity contribution in [2.75, 3.05) is 11.9 Å². The second-order valence-electron chi connectivity index (χ2n) is 4.47. The molecular formula is C13H18BrNOS. The van der Waals surface area contributed by atoms with Gasteiger partial charge in [0.15, 0.2) is 0 Å². The minimum atomic E-state index is 0.337. The number of carbonyl (C=O) groups is 1. The Kier molecular flexibility index (Phi) is 5.04. The number of hydrogen-bond acceptors (Lipinski definition) is 2. The lowest BCUT2D eigenvalue weighted by Crippen LogP contribution is -2.36. The molecule has 4 heteroatoms. The molecule has 1 aromatic rings. The average molecular weight is 316 g/mol. The zero-order chi connectivity index (χ0) is 12.1. The molecule has 0 saturated carbocycles. The van der Waals surface area contributed by atoms with Gasteiger partial charge in [0, 0.05) is 29.2 Å². The lowest BCUT2D eigenvalue weighted by atomic mass is 10.2. The van der Waals surface area contributed by atoms with Crippen LogP contribution in [0.4, 0.5) is 0 Å². The molecule has 1 aliphatic heterocycles. The molecule has 94 valence electrons. The third-order valence-corrected chi connectivity index (χ3v) is 4.95. The first-order valence-electron chi connectivity index (χ1n) is 6.19. The Hall–Kier alpha value is -0.350. The second kappa shape index (κ2) is 6.55. The molecule has 1 saturated heterocycles. The maximum atomic E-state index is 12.1. The topological polar surface area (TPSA) is 20.3 Å².